The number of rotatable bonds is 4. The van der Waals surface area contributed by atoms with Crippen molar-refractivity contribution in [1.82, 2.24) is 39.7 Å². The molecule has 3 aliphatic rings. The average Bonchev–Trinajstić information content (AvgIpc) is 3.66. The van der Waals surface area contributed by atoms with Crippen LogP contribution in [0.3, 0.4) is 0 Å². The molecule has 2 saturated heterocycles. The number of amides is 1. The van der Waals surface area contributed by atoms with E-state index in [4.69, 9.17) is 15.5 Å². The second-order valence-electron chi connectivity index (χ2n) is 10.3. The Morgan fingerprint density at radius 3 is 2.71 bits per heavy atom. The Labute approximate surface area is 217 Å². The second kappa shape index (κ2) is 8.61. The summed E-state index contributed by atoms with van der Waals surface area (Å²) >= 11 is 0. The van der Waals surface area contributed by atoms with Crippen molar-refractivity contribution in [2.24, 2.45) is 0 Å². The number of hydrogen-bond acceptors (Lipinski definition) is 9. The van der Waals surface area contributed by atoms with Crippen molar-refractivity contribution in [3.05, 3.63) is 47.6 Å². The number of Topliss-reactive ketones (excluding diaryl/α,β-unsaturated/α-hetero) is 1. The number of nitrogen functional groups attached to an aromatic ring is 1. The van der Waals surface area contributed by atoms with Gasteiger partial charge in [0, 0.05) is 35.3 Å². The topological polar surface area (TPSA) is 157 Å². The first-order valence-corrected chi connectivity index (χ1v) is 13.0. The first kappa shape index (κ1) is 22.8. The molecule has 2 bridgehead atoms. The van der Waals surface area contributed by atoms with Gasteiger partial charge >= 0.3 is 0 Å². The minimum Gasteiger partial charge on any atom is -0.492 e. The fourth-order valence-corrected chi connectivity index (χ4v) is 6.41. The van der Waals surface area contributed by atoms with Crippen molar-refractivity contribution in [3.63, 3.8) is 0 Å². The van der Waals surface area contributed by atoms with Gasteiger partial charge in [0.05, 0.1) is 29.8 Å². The van der Waals surface area contributed by atoms with Crippen molar-refractivity contribution in [2.45, 2.75) is 63.5 Å². The lowest BCUT2D eigenvalue weighted by Crippen LogP contribution is -2.46. The molecule has 0 saturated carbocycles. The maximum absolute atomic E-state index is 13.1. The van der Waals surface area contributed by atoms with Gasteiger partial charge in [-0.05, 0) is 51.5 Å². The van der Waals surface area contributed by atoms with Gasteiger partial charge in [0.1, 0.15) is 17.9 Å². The molecule has 12 heteroatoms. The summed E-state index contributed by atoms with van der Waals surface area (Å²) in [5.41, 5.74) is 10.8. The van der Waals surface area contributed by atoms with Crippen LogP contribution in [0.4, 0.5) is 5.82 Å². The van der Waals surface area contributed by atoms with Gasteiger partial charge < -0.3 is 15.4 Å². The SMILES string of the molecule is CC(=O)c1c(C2C[C@H]3CC[C@@H](C2)N3C(=O)c2ncn[nH]2)nc2c(-c3cnc4c(c3)OCCC4)cnn2c1N. The Morgan fingerprint density at radius 2 is 1.97 bits per heavy atom. The summed E-state index contributed by atoms with van der Waals surface area (Å²) in [5, 5.41) is 11.0. The molecular weight excluding hydrogens is 486 g/mol. The van der Waals surface area contributed by atoms with Crippen LogP contribution in [0.25, 0.3) is 16.8 Å². The molecule has 0 radical (unpaired) electrons. The third kappa shape index (κ3) is 3.46. The lowest BCUT2D eigenvalue weighted by Gasteiger charge is -2.38. The standard InChI is InChI=1S/C26H27N9O3/c1-13(36)21-22(14-7-16-4-5-17(8-14)34(16)26(37)24-29-12-30-33-24)32-25-18(11-31-35(25)23(21)27)15-9-20-19(28-10-15)3-2-6-38-20/h9-12,14,16-17H,2-8,27H2,1H3,(H,29,30,33)/t14?,16-,17+. The fourth-order valence-electron chi connectivity index (χ4n) is 6.41. The summed E-state index contributed by atoms with van der Waals surface area (Å²) in [7, 11) is 0. The van der Waals surface area contributed by atoms with Gasteiger partial charge in [-0.25, -0.2) is 9.97 Å². The quantitative estimate of drug-likeness (QED) is 0.391. The molecular formula is C26H27N9O3. The van der Waals surface area contributed by atoms with E-state index in [-0.39, 0.29) is 41.3 Å². The van der Waals surface area contributed by atoms with E-state index in [0.717, 1.165) is 48.3 Å². The molecule has 12 nitrogen and oxygen atoms in total. The van der Waals surface area contributed by atoms with Crippen molar-refractivity contribution in [1.29, 1.82) is 0 Å². The zero-order valence-electron chi connectivity index (χ0n) is 20.9. The summed E-state index contributed by atoms with van der Waals surface area (Å²) in [5.74, 6) is 0.995. The first-order valence-electron chi connectivity index (χ1n) is 13.0. The van der Waals surface area contributed by atoms with Crippen LogP contribution < -0.4 is 10.5 Å². The molecule has 194 valence electrons. The van der Waals surface area contributed by atoms with Gasteiger partial charge in [0.2, 0.25) is 5.82 Å². The highest BCUT2D eigenvalue weighted by Crippen LogP contribution is 2.45. The minimum atomic E-state index is -0.152. The number of piperidine rings is 1. The summed E-state index contributed by atoms with van der Waals surface area (Å²) < 4.78 is 7.37. The van der Waals surface area contributed by atoms with Crippen molar-refractivity contribution in [2.75, 3.05) is 12.3 Å². The monoisotopic (exact) mass is 513 g/mol. The highest BCUT2D eigenvalue weighted by Gasteiger charge is 2.45. The third-order valence-electron chi connectivity index (χ3n) is 8.09. The number of fused-ring (bicyclic) bond motifs is 4. The number of nitrogens with one attached hydrogen (secondary N) is 1. The van der Waals surface area contributed by atoms with Gasteiger partial charge in [0.15, 0.2) is 11.4 Å². The van der Waals surface area contributed by atoms with Crippen LogP contribution in [0.2, 0.25) is 0 Å². The van der Waals surface area contributed by atoms with Gasteiger partial charge in [-0.2, -0.15) is 14.7 Å². The summed E-state index contributed by atoms with van der Waals surface area (Å²) in [6, 6.07) is 2.03. The van der Waals surface area contributed by atoms with Crippen LogP contribution in [0, 0.1) is 0 Å². The Balaban J connectivity index is 1.29. The van der Waals surface area contributed by atoms with Crippen molar-refractivity contribution >= 4 is 23.2 Å². The highest BCUT2D eigenvalue weighted by molar-refractivity contribution is 6.00. The lowest BCUT2D eigenvalue weighted by atomic mass is 9.85. The Hall–Kier alpha value is -4.35. The van der Waals surface area contributed by atoms with Crippen LogP contribution in [-0.2, 0) is 6.42 Å². The zero-order chi connectivity index (χ0) is 26.0. The van der Waals surface area contributed by atoms with Crippen molar-refractivity contribution in [3.8, 4) is 16.9 Å². The molecule has 38 heavy (non-hydrogen) atoms. The Morgan fingerprint density at radius 1 is 1.16 bits per heavy atom. The van der Waals surface area contributed by atoms with Gasteiger partial charge in [0.25, 0.3) is 5.91 Å². The number of ether oxygens (including phenoxy) is 1. The molecule has 2 fully saturated rings. The van der Waals surface area contributed by atoms with Gasteiger partial charge in [-0.3, -0.25) is 19.7 Å². The molecule has 3 N–H and O–H groups in total. The minimum absolute atomic E-state index is 0.0229. The predicted molar refractivity (Wildman–Crippen MR) is 136 cm³/mol. The highest BCUT2D eigenvalue weighted by atomic mass is 16.5. The van der Waals surface area contributed by atoms with E-state index in [9.17, 15) is 9.59 Å². The second-order valence-corrected chi connectivity index (χ2v) is 10.3. The van der Waals surface area contributed by atoms with Crippen LogP contribution in [0.15, 0.2) is 24.8 Å². The molecule has 7 heterocycles. The maximum Gasteiger partial charge on any atom is 0.291 e. The third-order valence-corrected chi connectivity index (χ3v) is 8.09. The lowest BCUT2D eigenvalue weighted by molar-refractivity contribution is 0.0556. The Bertz CT molecular complexity index is 1560. The van der Waals surface area contributed by atoms with Crippen molar-refractivity contribution < 1.29 is 14.3 Å². The molecule has 1 unspecified atom stereocenters. The number of nitrogens with two attached hydrogens (primary N) is 1. The molecule has 0 spiro atoms. The molecule has 4 aromatic heterocycles. The van der Waals surface area contributed by atoms with E-state index >= 15 is 0 Å². The largest absolute Gasteiger partial charge is 0.492 e. The summed E-state index contributed by atoms with van der Waals surface area (Å²) in [6.45, 7) is 2.18. The Kier molecular flexibility index (Phi) is 5.17. The van der Waals surface area contributed by atoms with Crippen LogP contribution >= 0.6 is 0 Å². The van der Waals surface area contributed by atoms with E-state index in [0.29, 0.717) is 36.4 Å². The molecule has 3 atom stereocenters. The van der Waals surface area contributed by atoms with E-state index in [1.807, 2.05) is 17.2 Å². The molecule has 0 aliphatic carbocycles. The van der Waals surface area contributed by atoms with E-state index in [1.54, 1.807) is 6.20 Å². The fraction of sp³-hybridized carbons (Fsp3) is 0.423. The summed E-state index contributed by atoms with van der Waals surface area (Å²) in [6.07, 6.45) is 9.89. The van der Waals surface area contributed by atoms with Crippen LogP contribution in [-0.4, -0.2) is 70.0 Å². The number of nitrogens with zero attached hydrogens (tertiary/aromatic N) is 7. The van der Waals surface area contributed by atoms with Gasteiger partial charge in [-0.1, -0.05) is 0 Å². The maximum atomic E-state index is 13.1. The predicted octanol–water partition coefficient (Wildman–Crippen LogP) is 2.57. The van der Waals surface area contributed by atoms with E-state index in [1.165, 1.54) is 17.8 Å². The first-order chi connectivity index (χ1) is 18.5. The molecule has 4 aromatic rings. The number of aryl methyl sites for hydroxylation is 1. The molecule has 0 aromatic carbocycles. The summed E-state index contributed by atoms with van der Waals surface area (Å²) in [4.78, 5) is 41.6. The number of ketones is 1. The number of pyridine rings is 1. The van der Waals surface area contributed by atoms with E-state index in [2.05, 4.69) is 25.3 Å². The van der Waals surface area contributed by atoms with E-state index < -0.39 is 0 Å². The molecule has 7 rings (SSSR count). The normalized spacial score (nSPS) is 22.3. The number of carbonyl (C=O) groups excluding carboxylic acids is 2. The number of hydrogen-bond donors (Lipinski definition) is 2. The number of anilines is 1. The zero-order valence-corrected chi connectivity index (χ0v) is 20.9. The average molecular weight is 514 g/mol. The number of carbonyl (C=O) groups is 2. The molecule has 3 aliphatic heterocycles. The van der Waals surface area contributed by atoms with Gasteiger partial charge in [-0.15, -0.1) is 0 Å². The smallest absolute Gasteiger partial charge is 0.291 e. The van der Waals surface area contributed by atoms with Crippen LogP contribution in [0.1, 0.15) is 77.3 Å². The number of aromatic nitrogens is 7. The molecule has 1 amide bonds. The number of aromatic amines is 1. The van der Waals surface area contributed by atoms with Crippen LogP contribution in [0.5, 0.6) is 5.75 Å². The number of H-pyrrole nitrogens is 1.